The van der Waals surface area contributed by atoms with Gasteiger partial charge in [0.25, 0.3) is 0 Å². The average Bonchev–Trinajstić information content (AvgIpc) is 2.41. The number of aryl methyl sites for hydroxylation is 2. The number of hydrogen-bond acceptors (Lipinski definition) is 2. The molecule has 2 nitrogen and oxygen atoms in total. The molecular formula is C18H22O2. The van der Waals surface area contributed by atoms with E-state index in [-0.39, 0.29) is 0 Å². The molecule has 2 rings (SSSR count). The van der Waals surface area contributed by atoms with Gasteiger partial charge in [-0.2, -0.15) is 0 Å². The number of aromatic hydroxyl groups is 2. The van der Waals surface area contributed by atoms with E-state index in [1.807, 2.05) is 45.0 Å². The summed E-state index contributed by atoms with van der Waals surface area (Å²) in [6.07, 6.45) is 2.52. The largest absolute Gasteiger partial charge is 0.508 e. The highest BCUT2D eigenvalue weighted by atomic mass is 16.3. The lowest BCUT2D eigenvalue weighted by atomic mass is 10.1. The number of allylic oxidation sites excluding steroid dienone is 1. The second-order valence-electron chi connectivity index (χ2n) is 4.84. The minimum absolute atomic E-state index is 0.357. The Morgan fingerprint density at radius 3 is 2.25 bits per heavy atom. The van der Waals surface area contributed by atoms with Gasteiger partial charge in [-0.1, -0.05) is 35.9 Å². The molecular weight excluding hydrogens is 248 g/mol. The SMILES string of the molecule is C=CCc1cc(C)ccc1O.Cc1cccc(O)c1C. The first-order valence-corrected chi connectivity index (χ1v) is 6.60. The topological polar surface area (TPSA) is 40.5 Å². The molecule has 0 aliphatic rings. The Bertz CT molecular complexity index is 566. The van der Waals surface area contributed by atoms with Crippen molar-refractivity contribution in [3.63, 3.8) is 0 Å². The van der Waals surface area contributed by atoms with Crippen LogP contribution in [0.2, 0.25) is 0 Å². The molecule has 0 aliphatic carbocycles. The quantitative estimate of drug-likeness (QED) is 0.792. The summed E-state index contributed by atoms with van der Waals surface area (Å²) in [5, 5.41) is 18.4. The van der Waals surface area contributed by atoms with Gasteiger partial charge >= 0.3 is 0 Å². The van der Waals surface area contributed by atoms with Crippen LogP contribution in [-0.4, -0.2) is 10.2 Å². The van der Waals surface area contributed by atoms with Gasteiger partial charge in [-0.05, 0) is 56.0 Å². The summed E-state index contributed by atoms with van der Waals surface area (Å²) < 4.78 is 0. The van der Waals surface area contributed by atoms with E-state index >= 15 is 0 Å². The molecule has 2 N–H and O–H groups in total. The maximum atomic E-state index is 9.32. The van der Waals surface area contributed by atoms with Crippen molar-refractivity contribution < 1.29 is 10.2 Å². The maximum Gasteiger partial charge on any atom is 0.119 e. The lowest BCUT2D eigenvalue weighted by Crippen LogP contribution is -1.83. The molecule has 2 aromatic rings. The summed E-state index contributed by atoms with van der Waals surface area (Å²) >= 11 is 0. The molecule has 2 aromatic carbocycles. The zero-order valence-corrected chi connectivity index (χ0v) is 12.4. The Morgan fingerprint density at radius 1 is 1.00 bits per heavy atom. The number of phenolic OH excluding ortho intramolecular Hbond substituents is 2. The molecule has 0 radical (unpaired) electrons. The van der Waals surface area contributed by atoms with Crippen LogP contribution in [0.25, 0.3) is 0 Å². The first-order valence-electron chi connectivity index (χ1n) is 6.60. The predicted molar refractivity (Wildman–Crippen MR) is 84.3 cm³/mol. The van der Waals surface area contributed by atoms with Crippen LogP contribution in [0.3, 0.4) is 0 Å². The summed E-state index contributed by atoms with van der Waals surface area (Å²) in [6, 6.07) is 11.1. The molecule has 20 heavy (non-hydrogen) atoms. The van der Waals surface area contributed by atoms with Crippen LogP contribution in [-0.2, 0) is 6.42 Å². The molecule has 0 aliphatic heterocycles. The third-order valence-corrected chi connectivity index (χ3v) is 3.18. The van der Waals surface area contributed by atoms with E-state index in [1.54, 1.807) is 18.2 Å². The third-order valence-electron chi connectivity index (χ3n) is 3.18. The molecule has 0 unspecified atom stereocenters. The summed E-state index contributed by atoms with van der Waals surface area (Å²) in [4.78, 5) is 0. The van der Waals surface area contributed by atoms with Crippen molar-refractivity contribution in [3.8, 4) is 11.5 Å². The van der Waals surface area contributed by atoms with Gasteiger partial charge in [-0.25, -0.2) is 0 Å². The van der Waals surface area contributed by atoms with Gasteiger partial charge < -0.3 is 10.2 Å². The zero-order chi connectivity index (χ0) is 15.1. The van der Waals surface area contributed by atoms with E-state index < -0.39 is 0 Å². The Balaban J connectivity index is 0.000000204. The lowest BCUT2D eigenvalue weighted by molar-refractivity contribution is 0.469. The smallest absolute Gasteiger partial charge is 0.119 e. The summed E-state index contributed by atoms with van der Waals surface area (Å²) in [5.74, 6) is 0.741. The molecule has 0 amide bonds. The molecule has 0 heterocycles. The van der Waals surface area contributed by atoms with E-state index in [1.165, 1.54) is 5.56 Å². The van der Waals surface area contributed by atoms with Crippen molar-refractivity contribution in [1.82, 2.24) is 0 Å². The minimum Gasteiger partial charge on any atom is -0.508 e. The van der Waals surface area contributed by atoms with E-state index in [4.69, 9.17) is 5.11 Å². The van der Waals surface area contributed by atoms with Crippen molar-refractivity contribution in [2.45, 2.75) is 27.2 Å². The van der Waals surface area contributed by atoms with Crippen LogP contribution in [0.15, 0.2) is 49.1 Å². The second-order valence-corrected chi connectivity index (χ2v) is 4.84. The zero-order valence-electron chi connectivity index (χ0n) is 12.4. The molecule has 106 valence electrons. The van der Waals surface area contributed by atoms with Crippen LogP contribution in [0.5, 0.6) is 11.5 Å². The van der Waals surface area contributed by atoms with E-state index in [2.05, 4.69) is 6.58 Å². The van der Waals surface area contributed by atoms with Gasteiger partial charge in [0.05, 0.1) is 0 Å². The van der Waals surface area contributed by atoms with Crippen molar-refractivity contribution in [1.29, 1.82) is 0 Å². The van der Waals surface area contributed by atoms with Gasteiger partial charge in [0.15, 0.2) is 0 Å². The average molecular weight is 270 g/mol. The monoisotopic (exact) mass is 270 g/mol. The summed E-state index contributed by atoms with van der Waals surface area (Å²) in [7, 11) is 0. The van der Waals surface area contributed by atoms with Crippen molar-refractivity contribution >= 4 is 0 Å². The van der Waals surface area contributed by atoms with Gasteiger partial charge in [0.1, 0.15) is 11.5 Å². The fraction of sp³-hybridized carbons (Fsp3) is 0.222. The number of benzene rings is 2. The Kier molecular flexibility index (Phi) is 5.85. The van der Waals surface area contributed by atoms with Gasteiger partial charge in [-0.15, -0.1) is 6.58 Å². The summed E-state index contributed by atoms with van der Waals surface area (Å²) in [5.41, 5.74) is 4.21. The van der Waals surface area contributed by atoms with Crippen molar-refractivity contribution in [3.05, 3.63) is 71.3 Å². The second kappa shape index (κ2) is 7.39. The minimum atomic E-state index is 0.357. The van der Waals surface area contributed by atoms with Gasteiger partial charge in [0.2, 0.25) is 0 Å². The molecule has 0 aromatic heterocycles. The normalized spacial score (nSPS) is 9.55. The standard InChI is InChI=1S/C10H12O.C8H10O/c1-3-4-9-7-8(2)5-6-10(9)11;1-6-4-3-5-8(9)7(6)2/h3,5-7,11H,1,4H2,2H3;3-5,9H,1-2H3. The van der Waals surface area contributed by atoms with Crippen molar-refractivity contribution in [2.24, 2.45) is 0 Å². The lowest BCUT2D eigenvalue weighted by Gasteiger charge is -2.01. The van der Waals surface area contributed by atoms with Crippen LogP contribution in [0.4, 0.5) is 0 Å². The molecule has 2 heteroatoms. The fourth-order valence-corrected chi connectivity index (χ4v) is 1.77. The van der Waals surface area contributed by atoms with Gasteiger partial charge in [0, 0.05) is 0 Å². The highest BCUT2D eigenvalue weighted by molar-refractivity contribution is 5.37. The van der Waals surface area contributed by atoms with E-state index in [9.17, 15) is 5.11 Å². The van der Waals surface area contributed by atoms with Crippen LogP contribution in [0.1, 0.15) is 22.3 Å². The molecule has 0 bridgehead atoms. The van der Waals surface area contributed by atoms with Crippen molar-refractivity contribution in [2.75, 3.05) is 0 Å². The Hall–Kier alpha value is -2.22. The highest BCUT2D eigenvalue weighted by Gasteiger charge is 1.97. The molecule has 0 spiro atoms. The molecule has 0 saturated heterocycles. The first kappa shape index (κ1) is 15.8. The fourth-order valence-electron chi connectivity index (χ4n) is 1.77. The number of hydrogen-bond donors (Lipinski definition) is 2. The van der Waals surface area contributed by atoms with Crippen LogP contribution >= 0.6 is 0 Å². The van der Waals surface area contributed by atoms with Crippen LogP contribution in [0, 0.1) is 20.8 Å². The third kappa shape index (κ3) is 4.47. The highest BCUT2D eigenvalue weighted by Crippen LogP contribution is 2.18. The Labute approximate surface area is 121 Å². The van der Waals surface area contributed by atoms with Crippen LogP contribution < -0.4 is 0 Å². The maximum absolute atomic E-state index is 9.32. The predicted octanol–water partition coefficient (Wildman–Crippen LogP) is 4.44. The first-order chi connectivity index (χ1) is 9.45. The molecule has 0 atom stereocenters. The Morgan fingerprint density at radius 2 is 1.70 bits per heavy atom. The number of phenols is 2. The van der Waals surface area contributed by atoms with E-state index in [0.717, 1.165) is 23.1 Å². The summed E-state index contributed by atoms with van der Waals surface area (Å²) in [6.45, 7) is 9.51. The number of rotatable bonds is 2. The molecule has 0 saturated carbocycles. The van der Waals surface area contributed by atoms with Gasteiger partial charge in [-0.3, -0.25) is 0 Å². The van der Waals surface area contributed by atoms with E-state index in [0.29, 0.717) is 11.5 Å². The molecule has 0 fully saturated rings.